The molecule has 0 bridgehead atoms. The fourth-order valence-corrected chi connectivity index (χ4v) is 3.61. The van der Waals surface area contributed by atoms with E-state index in [4.69, 9.17) is 16.3 Å². The molecule has 2 heterocycles. The number of aromatic nitrogens is 4. The SMILES string of the molecule is CCCCOc1ccc(-c2c3ncn(CC(F)(F)F)c(=O)c3nn2-c2ccccc2Cl)cc1. The molecule has 0 N–H and O–H groups in total. The lowest BCUT2D eigenvalue weighted by Crippen LogP contribution is -2.28. The predicted molar refractivity (Wildman–Crippen MR) is 120 cm³/mol. The average Bonchev–Trinajstić information content (AvgIpc) is 3.16. The highest BCUT2D eigenvalue weighted by molar-refractivity contribution is 6.32. The maximum absolute atomic E-state index is 12.9. The molecule has 0 amide bonds. The van der Waals surface area contributed by atoms with Gasteiger partial charge in [0.15, 0.2) is 5.52 Å². The zero-order valence-corrected chi connectivity index (χ0v) is 18.4. The van der Waals surface area contributed by atoms with E-state index in [0.717, 1.165) is 19.2 Å². The Morgan fingerprint density at radius 2 is 1.79 bits per heavy atom. The quantitative estimate of drug-likeness (QED) is 0.324. The summed E-state index contributed by atoms with van der Waals surface area (Å²) >= 11 is 6.37. The van der Waals surface area contributed by atoms with Gasteiger partial charge in [-0.05, 0) is 42.8 Å². The van der Waals surface area contributed by atoms with Crippen molar-refractivity contribution in [3.05, 3.63) is 70.2 Å². The van der Waals surface area contributed by atoms with E-state index in [1.807, 2.05) is 0 Å². The largest absolute Gasteiger partial charge is 0.494 e. The topological polar surface area (TPSA) is 61.9 Å². The number of unbranched alkanes of at least 4 members (excludes halogenated alkanes) is 1. The number of halogens is 4. The molecule has 0 fully saturated rings. The van der Waals surface area contributed by atoms with Gasteiger partial charge in [0, 0.05) is 5.56 Å². The predicted octanol–water partition coefficient (Wildman–Crippen LogP) is 5.64. The molecule has 0 aliphatic carbocycles. The van der Waals surface area contributed by atoms with Crippen LogP contribution in [0, 0.1) is 0 Å². The van der Waals surface area contributed by atoms with Gasteiger partial charge in [-0.25, -0.2) is 9.67 Å². The maximum Gasteiger partial charge on any atom is 0.406 e. The van der Waals surface area contributed by atoms with Gasteiger partial charge in [0.25, 0.3) is 5.56 Å². The van der Waals surface area contributed by atoms with Crippen LogP contribution in [0.5, 0.6) is 5.75 Å². The van der Waals surface area contributed by atoms with E-state index in [2.05, 4.69) is 17.0 Å². The summed E-state index contributed by atoms with van der Waals surface area (Å²) in [5, 5.41) is 4.69. The van der Waals surface area contributed by atoms with Gasteiger partial charge in [-0.2, -0.15) is 18.3 Å². The standard InChI is InChI=1S/C23H20ClF3N4O2/c1-2-3-12-33-16-10-8-15(9-11-16)21-19-20(22(32)30(14-28-19)13-23(25,26)27)29-31(21)18-7-5-4-6-17(18)24/h4-11,14H,2-3,12-13H2,1H3. The Kier molecular flexibility index (Phi) is 6.42. The van der Waals surface area contributed by atoms with E-state index < -0.39 is 18.3 Å². The molecule has 2 aromatic carbocycles. The van der Waals surface area contributed by atoms with Gasteiger partial charge in [-0.3, -0.25) is 9.36 Å². The lowest BCUT2D eigenvalue weighted by molar-refractivity contribution is -0.141. The molecular weight excluding hydrogens is 457 g/mol. The molecule has 0 saturated heterocycles. The summed E-state index contributed by atoms with van der Waals surface area (Å²) < 4.78 is 46.3. The fraction of sp³-hybridized carbons (Fsp3) is 0.261. The van der Waals surface area contributed by atoms with Crippen molar-refractivity contribution in [1.29, 1.82) is 0 Å². The first-order chi connectivity index (χ1) is 15.8. The van der Waals surface area contributed by atoms with Crippen LogP contribution in [0.15, 0.2) is 59.7 Å². The van der Waals surface area contributed by atoms with Gasteiger partial charge < -0.3 is 4.74 Å². The zero-order chi connectivity index (χ0) is 23.6. The third-order valence-electron chi connectivity index (χ3n) is 4.97. The van der Waals surface area contributed by atoms with Crippen LogP contribution >= 0.6 is 11.6 Å². The Labute approximate surface area is 192 Å². The molecule has 6 nitrogen and oxygen atoms in total. The Hall–Kier alpha value is -3.33. The second-order valence-corrected chi connectivity index (χ2v) is 7.84. The number of fused-ring (bicyclic) bond motifs is 1. The number of benzene rings is 2. The molecule has 33 heavy (non-hydrogen) atoms. The van der Waals surface area contributed by atoms with Gasteiger partial charge in [-0.1, -0.05) is 37.1 Å². The summed E-state index contributed by atoms with van der Waals surface area (Å²) in [5.41, 5.74) is 0.675. The number of ether oxygens (including phenoxy) is 1. The van der Waals surface area contributed by atoms with Crippen LogP contribution in [-0.2, 0) is 6.54 Å². The minimum absolute atomic E-state index is 0.179. The van der Waals surface area contributed by atoms with E-state index in [9.17, 15) is 18.0 Å². The molecule has 0 unspecified atom stereocenters. The van der Waals surface area contributed by atoms with E-state index in [0.29, 0.717) is 38.9 Å². The second-order valence-electron chi connectivity index (χ2n) is 7.43. The third-order valence-corrected chi connectivity index (χ3v) is 5.29. The van der Waals surface area contributed by atoms with Crippen molar-refractivity contribution in [3.8, 4) is 22.7 Å². The number of para-hydroxylation sites is 1. The van der Waals surface area contributed by atoms with Crippen molar-refractivity contribution in [1.82, 2.24) is 19.3 Å². The zero-order valence-electron chi connectivity index (χ0n) is 17.6. The average molecular weight is 477 g/mol. The highest BCUT2D eigenvalue weighted by Crippen LogP contribution is 2.32. The lowest BCUT2D eigenvalue weighted by Gasteiger charge is -2.11. The van der Waals surface area contributed by atoms with E-state index in [1.165, 1.54) is 4.68 Å². The normalized spacial score (nSPS) is 11.8. The van der Waals surface area contributed by atoms with Crippen LogP contribution in [0.3, 0.4) is 0 Å². The molecule has 0 radical (unpaired) electrons. The third kappa shape index (κ3) is 4.88. The number of hydrogen-bond acceptors (Lipinski definition) is 4. The summed E-state index contributed by atoms with van der Waals surface area (Å²) in [6, 6.07) is 14.0. The molecule has 4 aromatic rings. The summed E-state index contributed by atoms with van der Waals surface area (Å²) in [6.45, 7) is 1.21. The monoisotopic (exact) mass is 476 g/mol. The van der Waals surface area contributed by atoms with Crippen LogP contribution in [0.1, 0.15) is 19.8 Å². The molecule has 0 aliphatic rings. The lowest BCUT2D eigenvalue weighted by atomic mass is 10.1. The minimum atomic E-state index is -4.57. The highest BCUT2D eigenvalue weighted by atomic mass is 35.5. The van der Waals surface area contributed by atoms with Crippen molar-refractivity contribution in [2.45, 2.75) is 32.5 Å². The Morgan fingerprint density at radius 3 is 2.45 bits per heavy atom. The summed E-state index contributed by atoms with van der Waals surface area (Å²) in [7, 11) is 0. The summed E-state index contributed by atoms with van der Waals surface area (Å²) in [5.74, 6) is 0.681. The van der Waals surface area contributed by atoms with Crippen LogP contribution in [0.2, 0.25) is 5.02 Å². The molecule has 172 valence electrons. The Balaban J connectivity index is 1.88. The van der Waals surface area contributed by atoms with Crippen LogP contribution in [0.25, 0.3) is 28.0 Å². The smallest absolute Gasteiger partial charge is 0.406 e. The Morgan fingerprint density at radius 1 is 1.06 bits per heavy atom. The molecule has 2 aromatic heterocycles. The summed E-state index contributed by atoms with van der Waals surface area (Å²) in [4.78, 5) is 17.0. The molecule has 0 atom stereocenters. The van der Waals surface area contributed by atoms with Crippen LogP contribution in [-0.4, -0.2) is 32.1 Å². The number of nitrogens with zero attached hydrogens (tertiary/aromatic N) is 4. The van der Waals surface area contributed by atoms with E-state index in [1.54, 1.807) is 48.5 Å². The first kappa shape index (κ1) is 22.8. The summed E-state index contributed by atoms with van der Waals surface area (Å²) in [6.07, 6.45) is -1.73. The number of alkyl halides is 3. The molecule has 0 aliphatic heterocycles. The van der Waals surface area contributed by atoms with Gasteiger partial charge in [0.2, 0.25) is 0 Å². The molecular formula is C23H20ClF3N4O2. The minimum Gasteiger partial charge on any atom is -0.494 e. The van der Waals surface area contributed by atoms with Crippen molar-refractivity contribution < 1.29 is 17.9 Å². The van der Waals surface area contributed by atoms with E-state index >= 15 is 0 Å². The fourth-order valence-electron chi connectivity index (χ4n) is 3.40. The van der Waals surface area contributed by atoms with Crippen LogP contribution in [0.4, 0.5) is 13.2 Å². The van der Waals surface area contributed by atoms with E-state index in [-0.39, 0.29) is 11.0 Å². The first-order valence-electron chi connectivity index (χ1n) is 10.3. The highest BCUT2D eigenvalue weighted by Gasteiger charge is 2.30. The van der Waals surface area contributed by atoms with Crippen molar-refractivity contribution in [3.63, 3.8) is 0 Å². The second kappa shape index (κ2) is 9.27. The van der Waals surface area contributed by atoms with Gasteiger partial charge in [0.05, 0.1) is 23.6 Å². The maximum atomic E-state index is 12.9. The van der Waals surface area contributed by atoms with Crippen molar-refractivity contribution in [2.75, 3.05) is 6.61 Å². The van der Waals surface area contributed by atoms with Crippen molar-refractivity contribution in [2.24, 2.45) is 0 Å². The van der Waals surface area contributed by atoms with Crippen molar-refractivity contribution >= 4 is 22.6 Å². The number of hydrogen-bond donors (Lipinski definition) is 0. The number of rotatable bonds is 7. The molecule has 10 heteroatoms. The molecule has 0 saturated carbocycles. The Bertz CT molecular complexity index is 1330. The molecule has 4 rings (SSSR count). The van der Waals surface area contributed by atoms with Crippen LogP contribution < -0.4 is 10.3 Å². The van der Waals surface area contributed by atoms with Gasteiger partial charge in [0.1, 0.15) is 23.5 Å². The van der Waals surface area contributed by atoms with Gasteiger partial charge in [-0.15, -0.1) is 0 Å². The van der Waals surface area contributed by atoms with Gasteiger partial charge >= 0.3 is 6.18 Å². The molecule has 0 spiro atoms. The first-order valence-corrected chi connectivity index (χ1v) is 10.7.